The lowest BCUT2D eigenvalue weighted by atomic mass is 10.0. The van der Waals surface area contributed by atoms with Crippen molar-refractivity contribution in [1.82, 2.24) is 20.0 Å². The highest BCUT2D eigenvalue weighted by Gasteiger charge is 2.05. The second-order valence-corrected chi connectivity index (χ2v) is 6.44. The monoisotopic (exact) mass is 352 g/mol. The summed E-state index contributed by atoms with van der Waals surface area (Å²) >= 11 is 0. The molecule has 136 valence electrons. The maximum absolute atomic E-state index is 11.3. The summed E-state index contributed by atoms with van der Waals surface area (Å²) in [4.78, 5) is 13.8. The van der Waals surface area contributed by atoms with Crippen LogP contribution in [0, 0.1) is 0 Å². The van der Waals surface area contributed by atoms with E-state index in [0.717, 1.165) is 61.9 Å². The second kappa shape index (κ2) is 8.99. The standard InChI is InChI=1S/C20H24N4O2/c25-19-16(13-14-21-20(19)26)9-5-2-1-3-6-10-17-15-24(23-22-17)18-11-7-4-8-12-18/h4,7-8,11-15,25H,1-3,5-6,9-10H2,(H,21,26). The number of pyridine rings is 1. The minimum Gasteiger partial charge on any atom is -0.503 e. The van der Waals surface area contributed by atoms with Crippen LogP contribution in [0.15, 0.2) is 53.6 Å². The number of hydrogen-bond donors (Lipinski definition) is 2. The van der Waals surface area contributed by atoms with Crippen molar-refractivity contribution < 1.29 is 5.11 Å². The molecule has 0 atom stereocenters. The van der Waals surface area contributed by atoms with Gasteiger partial charge in [0.1, 0.15) is 0 Å². The first-order chi connectivity index (χ1) is 12.7. The van der Waals surface area contributed by atoms with Crippen molar-refractivity contribution in [2.45, 2.75) is 44.9 Å². The number of unbranched alkanes of at least 4 members (excludes halogenated alkanes) is 4. The number of nitrogens with zero attached hydrogens (tertiary/aromatic N) is 3. The van der Waals surface area contributed by atoms with E-state index < -0.39 is 5.56 Å². The number of nitrogens with one attached hydrogen (secondary N) is 1. The number of rotatable bonds is 9. The fraction of sp³-hybridized carbons (Fsp3) is 0.350. The summed E-state index contributed by atoms with van der Waals surface area (Å²) in [7, 11) is 0. The van der Waals surface area contributed by atoms with Gasteiger partial charge in [0.15, 0.2) is 5.75 Å². The molecule has 0 radical (unpaired) electrons. The molecule has 3 rings (SSSR count). The van der Waals surface area contributed by atoms with E-state index in [2.05, 4.69) is 15.3 Å². The molecule has 2 heterocycles. The van der Waals surface area contributed by atoms with Crippen molar-refractivity contribution in [3.63, 3.8) is 0 Å². The molecule has 0 aliphatic carbocycles. The van der Waals surface area contributed by atoms with Crippen molar-refractivity contribution >= 4 is 0 Å². The summed E-state index contributed by atoms with van der Waals surface area (Å²) in [5, 5.41) is 18.1. The molecule has 6 nitrogen and oxygen atoms in total. The third kappa shape index (κ3) is 4.81. The zero-order chi connectivity index (χ0) is 18.2. The molecule has 2 aromatic heterocycles. The topological polar surface area (TPSA) is 83.8 Å². The van der Waals surface area contributed by atoms with Gasteiger partial charge in [0.2, 0.25) is 0 Å². The normalized spacial score (nSPS) is 10.9. The van der Waals surface area contributed by atoms with Crippen LogP contribution < -0.4 is 5.56 Å². The maximum Gasteiger partial charge on any atom is 0.290 e. The smallest absolute Gasteiger partial charge is 0.290 e. The van der Waals surface area contributed by atoms with Gasteiger partial charge in [0, 0.05) is 11.8 Å². The van der Waals surface area contributed by atoms with Crippen LogP contribution in [0.4, 0.5) is 0 Å². The van der Waals surface area contributed by atoms with Crippen LogP contribution in [0.1, 0.15) is 43.4 Å². The Morgan fingerprint density at radius 1 is 0.962 bits per heavy atom. The highest BCUT2D eigenvalue weighted by molar-refractivity contribution is 5.30. The fourth-order valence-electron chi connectivity index (χ4n) is 2.98. The molecular weight excluding hydrogens is 328 g/mol. The van der Waals surface area contributed by atoms with Crippen LogP contribution >= 0.6 is 0 Å². The van der Waals surface area contributed by atoms with Crippen LogP contribution in [0.2, 0.25) is 0 Å². The molecule has 1 aromatic carbocycles. The molecule has 0 bridgehead atoms. The molecule has 0 amide bonds. The zero-order valence-corrected chi connectivity index (χ0v) is 14.8. The van der Waals surface area contributed by atoms with Gasteiger partial charge < -0.3 is 10.1 Å². The van der Waals surface area contributed by atoms with E-state index in [9.17, 15) is 9.90 Å². The second-order valence-electron chi connectivity index (χ2n) is 6.44. The Labute approximate surface area is 152 Å². The summed E-state index contributed by atoms with van der Waals surface area (Å²) in [5.41, 5.74) is 2.36. The van der Waals surface area contributed by atoms with Crippen molar-refractivity contribution in [2.24, 2.45) is 0 Å². The third-order valence-corrected chi connectivity index (χ3v) is 4.46. The Kier molecular flexibility index (Phi) is 6.19. The van der Waals surface area contributed by atoms with Gasteiger partial charge in [0.05, 0.1) is 17.6 Å². The minimum atomic E-state index is -0.411. The summed E-state index contributed by atoms with van der Waals surface area (Å²) in [6, 6.07) is 11.8. The average Bonchev–Trinajstić information content (AvgIpc) is 3.14. The van der Waals surface area contributed by atoms with Gasteiger partial charge in [-0.25, -0.2) is 4.68 Å². The maximum atomic E-state index is 11.3. The molecule has 0 unspecified atom stereocenters. The van der Waals surface area contributed by atoms with Crippen molar-refractivity contribution in [1.29, 1.82) is 0 Å². The molecule has 3 aromatic rings. The summed E-state index contributed by atoms with van der Waals surface area (Å²) < 4.78 is 1.81. The van der Waals surface area contributed by atoms with Crippen molar-refractivity contribution in [3.05, 3.63) is 70.4 Å². The lowest BCUT2D eigenvalue weighted by molar-refractivity contribution is 0.457. The van der Waals surface area contributed by atoms with Gasteiger partial charge in [-0.1, -0.05) is 42.7 Å². The Morgan fingerprint density at radius 3 is 2.50 bits per heavy atom. The van der Waals surface area contributed by atoms with Crippen LogP contribution in [0.25, 0.3) is 5.69 Å². The third-order valence-electron chi connectivity index (χ3n) is 4.46. The first kappa shape index (κ1) is 17.9. The van der Waals surface area contributed by atoms with Crippen LogP contribution in [-0.4, -0.2) is 25.1 Å². The SMILES string of the molecule is O=c1[nH]ccc(CCCCCCCc2cn(-c3ccccc3)nn2)c1O. The molecule has 0 fully saturated rings. The van der Waals surface area contributed by atoms with Crippen LogP contribution in [0.5, 0.6) is 5.75 Å². The van der Waals surface area contributed by atoms with E-state index in [-0.39, 0.29) is 5.75 Å². The number of hydrogen-bond acceptors (Lipinski definition) is 4. The Morgan fingerprint density at radius 2 is 1.69 bits per heavy atom. The van der Waals surface area contributed by atoms with Crippen molar-refractivity contribution in [3.8, 4) is 11.4 Å². The number of H-pyrrole nitrogens is 1. The van der Waals surface area contributed by atoms with E-state index in [0.29, 0.717) is 0 Å². The number of benzene rings is 1. The lowest BCUT2D eigenvalue weighted by Gasteiger charge is -2.03. The van der Waals surface area contributed by atoms with Gasteiger partial charge in [-0.15, -0.1) is 5.10 Å². The molecule has 0 aliphatic rings. The molecule has 6 heteroatoms. The van der Waals surface area contributed by atoms with Gasteiger partial charge >= 0.3 is 0 Å². The quantitative estimate of drug-likeness (QED) is 0.578. The van der Waals surface area contributed by atoms with E-state index >= 15 is 0 Å². The molecule has 0 saturated heterocycles. The largest absolute Gasteiger partial charge is 0.503 e. The van der Waals surface area contributed by atoms with E-state index in [1.54, 1.807) is 12.3 Å². The molecular formula is C20H24N4O2. The lowest BCUT2D eigenvalue weighted by Crippen LogP contribution is -2.06. The summed E-state index contributed by atoms with van der Waals surface area (Å²) in [6.07, 6.45) is 10.7. The Bertz CT molecular complexity index is 871. The van der Waals surface area contributed by atoms with E-state index in [1.807, 2.05) is 41.2 Å². The molecule has 0 spiro atoms. The first-order valence-electron chi connectivity index (χ1n) is 9.10. The van der Waals surface area contributed by atoms with Crippen LogP contribution in [0.3, 0.4) is 0 Å². The predicted molar refractivity (Wildman–Crippen MR) is 101 cm³/mol. The van der Waals surface area contributed by atoms with Crippen LogP contribution in [-0.2, 0) is 12.8 Å². The average molecular weight is 352 g/mol. The van der Waals surface area contributed by atoms with E-state index in [4.69, 9.17) is 0 Å². The highest BCUT2D eigenvalue weighted by Crippen LogP contribution is 2.15. The minimum absolute atomic E-state index is 0.144. The van der Waals surface area contributed by atoms with Gasteiger partial charge in [-0.2, -0.15) is 0 Å². The molecule has 0 saturated carbocycles. The first-order valence-corrected chi connectivity index (χ1v) is 9.10. The Balaban J connectivity index is 1.33. The summed E-state index contributed by atoms with van der Waals surface area (Å²) in [5.74, 6) is -0.144. The van der Waals surface area contributed by atoms with E-state index in [1.165, 1.54) is 0 Å². The zero-order valence-electron chi connectivity index (χ0n) is 14.8. The number of aromatic amines is 1. The molecule has 0 aliphatic heterocycles. The Hall–Kier alpha value is -2.89. The molecule has 2 N–H and O–H groups in total. The predicted octanol–water partition coefficient (Wildman–Crippen LogP) is 3.40. The van der Waals surface area contributed by atoms with Gasteiger partial charge in [-0.3, -0.25) is 4.79 Å². The number of aryl methyl sites for hydroxylation is 2. The number of aromatic hydroxyl groups is 1. The van der Waals surface area contributed by atoms with Gasteiger partial charge in [0.25, 0.3) is 5.56 Å². The number of para-hydroxylation sites is 1. The molecule has 26 heavy (non-hydrogen) atoms. The summed E-state index contributed by atoms with van der Waals surface area (Å²) in [6.45, 7) is 0. The number of aromatic nitrogens is 4. The fourth-order valence-corrected chi connectivity index (χ4v) is 2.98. The van der Waals surface area contributed by atoms with Crippen molar-refractivity contribution in [2.75, 3.05) is 0 Å². The highest BCUT2D eigenvalue weighted by atomic mass is 16.3. The van der Waals surface area contributed by atoms with Gasteiger partial charge in [-0.05, 0) is 43.9 Å².